The molecule has 4 heteroatoms. The number of ether oxygens (including phenoxy) is 1. The molecule has 0 aromatic heterocycles. The number of hydrogen-bond donors (Lipinski definition) is 0. The molecule has 0 radical (unpaired) electrons. The van der Waals surface area contributed by atoms with Gasteiger partial charge in [0, 0.05) is 5.57 Å². The van der Waals surface area contributed by atoms with Crippen LogP contribution in [-0.2, 0) is 6.61 Å². The molecule has 35 heavy (non-hydrogen) atoms. The van der Waals surface area contributed by atoms with Crippen molar-refractivity contribution < 1.29 is 17.9 Å². The first-order chi connectivity index (χ1) is 17.0. The Bertz CT molecular complexity index is 1050. The minimum absolute atomic E-state index is 0.0698. The quantitative estimate of drug-likeness (QED) is 0.346. The normalized spacial score (nSPS) is 22.5. The highest BCUT2D eigenvalue weighted by Crippen LogP contribution is 2.39. The molecule has 1 saturated carbocycles. The Balaban J connectivity index is 1.36. The van der Waals surface area contributed by atoms with Gasteiger partial charge in [0.15, 0.2) is 11.6 Å². The molecule has 0 amide bonds. The van der Waals surface area contributed by atoms with Crippen LogP contribution in [0.5, 0.6) is 5.75 Å². The van der Waals surface area contributed by atoms with E-state index in [4.69, 9.17) is 4.74 Å². The summed E-state index contributed by atoms with van der Waals surface area (Å²) >= 11 is 0. The second-order valence-corrected chi connectivity index (χ2v) is 10.2. The van der Waals surface area contributed by atoms with E-state index in [2.05, 4.69) is 13.8 Å². The fraction of sp³-hybridized carbons (Fsp3) is 0.484. The summed E-state index contributed by atoms with van der Waals surface area (Å²) in [6, 6.07) is 10.7. The first kappa shape index (κ1) is 25.6. The molecule has 0 spiro atoms. The second-order valence-electron chi connectivity index (χ2n) is 10.2. The maximum absolute atomic E-state index is 14.8. The minimum Gasteiger partial charge on any atom is -0.486 e. The number of rotatable bonds is 9. The Morgan fingerprint density at radius 1 is 0.886 bits per heavy atom. The van der Waals surface area contributed by atoms with Gasteiger partial charge >= 0.3 is 0 Å². The van der Waals surface area contributed by atoms with E-state index in [0.29, 0.717) is 17.1 Å². The lowest BCUT2D eigenvalue weighted by molar-refractivity contribution is 0.280. The molecule has 1 unspecified atom stereocenters. The summed E-state index contributed by atoms with van der Waals surface area (Å²) in [6.45, 7) is 4.46. The summed E-state index contributed by atoms with van der Waals surface area (Å²) in [5.41, 5.74) is 2.73. The standard InChI is InChI=1S/C31H37F3O/c1-3-5-6-22-11-16-26(28(32)19-22)24-14-9-23(10-15-24)20-35-29-18-17-27(30(33)31(29)34)25-12-7-21(4-2)8-13-25/h9-10,14-19,21-22,25H,3-8,11-13,20H2,1-2H3. The van der Waals surface area contributed by atoms with Crippen LogP contribution in [0.15, 0.2) is 54.4 Å². The average Bonchev–Trinajstić information content (AvgIpc) is 2.89. The predicted molar refractivity (Wildman–Crippen MR) is 137 cm³/mol. The molecule has 2 aliphatic rings. The van der Waals surface area contributed by atoms with Crippen LogP contribution in [0.4, 0.5) is 13.2 Å². The van der Waals surface area contributed by atoms with Gasteiger partial charge < -0.3 is 4.74 Å². The molecule has 0 bridgehead atoms. The van der Waals surface area contributed by atoms with E-state index in [0.717, 1.165) is 68.9 Å². The van der Waals surface area contributed by atoms with Crippen LogP contribution in [0.3, 0.4) is 0 Å². The lowest BCUT2D eigenvalue weighted by Crippen LogP contribution is -2.14. The van der Waals surface area contributed by atoms with Crippen molar-refractivity contribution >= 4 is 5.57 Å². The number of allylic oxidation sites excluding steroid dienone is 4. The van der Waals surface area contributed by atoms with Crippen LogP contribution < -0.4 is 4.74 Å². The van der Waals surface area contributed by atoms with Crippen molar-refractivity contribution in [2.45, 2.75) is 84.2 Å². The van der Waals surface area contributed by atoms with E-state index in [1.165, 1.54) is 0 Å². The van der Waals surface area contributed by atoms with E-state index in [1.54, 1.807) is 18.2 Å². The molecule has 0 aliphatic heterocycles. The van der Waals surface area contributed by atoms with Crippen molar-refractivity contribution in [3.05, 3.63) is 82.7 Å². The summed E-state index contributed by atoms with van der Waals surface area (Å²) in [5.74, 6) is -0.853. The molecule has 0 saturated heterocycles. The lowest BCUT2D eigenvalue weighted by Gasteiger charge is -2.28. The molecule has 1 nitrogen and oxygen atoms in total. The van der Waals surface area contributed by atoms with Crippen LogP contribution in [0, 0.1) is 23.5 Å². The Kier molecular flexibility index (Phi) is 8.75. The zero-order chi connectivity index (χ0) is 24.8. The van der Waals surface area contributed by atoms with E-state index in [1.807, 2.05) is 30.3 Å². The van der Waals surface area contributed by atoms with Crippen LogP contribution in [0.2, 0.25) is 0 Å². The molecular weight excluding hydrogens is 445 g/mol. The van der Waals surface area contributed by atoms with Gasteiger partial charge in [-0.3, -0.25) is 0 Å². The third kappa shape index (κ3) is 6.20. The number of unbranched alkanes of at least 4 members (excludes halogenated alkanes) is 1. The lowest BCUT2D eigenvalue weighted by atomic mass is 9.77. The van der Waals surface area contributed by atoms with Gasteiger partial charge in [0.1, 0.15) is 12.4 Å². The molecule has 2 aromatic rings. The van der Waals surface area contributed by atoms with Crippen LogP contribution >= 0.6 is 0 Å². The first-order valence-corrected chi connectivity index (χ1v) is 13.3. The van der Waals surface area contributed by atoms with Crippen molar-refractivity contribution in [2.75, 3.05) is 0 Å². The molecule has 2 aliphatic carbocycles. The third-order valence-corrected chi connectivity index (χ3v) is 7.79. The molecular formula is C31H37F3O. The molecule has 4 rings (SSSR count). The number of hydrogen-bond acceptors (Lipinski definition) is 1. The van der Waals surface area contributed by atoms with E-state index in [9.17, 15) is 13.2 Å². The van der Waals surface area contributed by atoms with Gasteiger partial charge in [-0.25, -0.2) is 8.78 Å². The Labute approximate surface area is 208 Å². The minimum atomic E-state index is -0.908. The maximum atomic E-state index is 14.8. The van der Waals surface area contributed by atoms with Gasteiger partial charge in [0.05, 0.1) is 0 Å². The van der Waals surface area contributed by atoms with Crippen molar-refractivity contribution in [1.29, 1.82) is 0 Å². The second kappa shape index (κ2) is 12.0. The van der Waals surface area contributed by atoms with Gasteiger partial charge in [-0.1, -0.05) is 69.5 Å². The molecule has 1 atom stereocenters. The fourth-order valence-electron chi connectivity index (χ4n) is 5.45. The zero-order valence-electron chi connectivity index (χ0n) is 21.0. The highest BCUT2D eigenvalue weighted by Gasteiger charge is 2.26. The molecule has 188 valence electrons. The van der Waals surface area contributed by atoms with Gasteiger partial charge in [0.25, 0.3) is 0 Å². The van der Waals surface area contributed by atoms with Crippen molar-refractivity contribution in [3.8, 4) is 5.75 Å². The third-order valence-electron chi connectivity index (χ3n) is 7.79. The molecule has 2 aromatic carbocycles. The van der Waals surface area contributed by atoms with Crippen molar-refractivity contribution in [2.24, 2.45) is 11.8 Å². The molecule has 1 fully saturated rings. The number of benzene rings is 2. The Morgan fingerprint density at radius 2 is 1.63 bits per heavy atom. The smallest absolute Gasteiger partial charge is 0.200 e. The molecule has 0 heterocycles. The SMILES string of the molecule is CCCCC1C=C(F)C(c2ccc(COc3ccc(C4CCC(CC)CC4)c(F)c3F)cc2)=CC1. The van der Waals surface area contributed by atoms with Crippen LogP contribution in [0.25, 0.3) is 5.57 Å². The monoisotopic (exact) mass is 482 g/mol. The van der Waals surface area contributed by atoms with Crippen LogP contribution in [-0.4, -0.2) is 0 Å². The average molecular weight is 483 g/mol. The van der Waals surface area contributed by atoms with Gasteiger partial charge in [-0.05, 0) is 85.1 Å². The Morgan fingerprint density at radius 3 is 2.29 bits per heavy atom. The largest absolute Gasteiger partial charge is 0.486 e. The highest BCUT2D eigenvalue weighted by atomic mass is 19.2. The zero-order valence-corrected chi connectivity index (χ0v) is 21.0. The summed E-state index contributed by atoms with van der Waals surface area (Å²) in [4.78, 5) is 0. The number of halogens is 3. The summed E-state index contributed by atoms with van der Waals surface area (Å²) < 4.78 is 49.9. The van der Waals surface area contributed by atoms with Crippen molar-refractivity contribution in [1.82, 2.24) is 0 Å². The summed E-state index contributed by atoms with van der Waals surface area (Å²) in [5, 5.41) is 0. The molecule has 0 N–H and O–H groups in total. The van der Waals surface area contributed by atoms with Crippen LogP contribution in [0.1, 0.15) is 94.2 Å². The predicted octanol–water partition coefficient (Wildman–Crippen LogP) is 9.67. The summed E-state index contributed by atoms with van der Waals surface area (Å²) in [7, 11) is 0. The summed E-state index contributed by atoms with van der Waals surface area (Å²) in [6.07, 6.45) is 13.0. The van der Waals surface area contributed by atoms with Crippen molar-refractivity contribution in [3.63, 3.8) is 0 Å². The van der Waals surface area contributed by atoms with E-state index < -0.39 is 11.6 Å². The first-order valence-electron chi connectivity index (χ1n) is 13.3. The van der Waals surface area contributed by atoms with Gasteiger partial charge in [0.2, 0.25) is 5.82 Å². The Hall–Kier alpha value is -2.49. The topological polar surface area (TPSA) is 9.23 Å². The maximum Gasteiger partial charge on any atom is 0.200 e. The van der Waals surface area contributed by atoms with Gasteiger partial charge in [-0.2, -0.15) is 4.39 Å². The fourth-order valence-corrected chi connectivity index (χ4v) is 5.45. The van der Waals surface area contributed by atoms with E-state index in [-0.39, 0.29) is 30.0 Å². The van der Waals surface area contributed by atoms with Gasteiger partial charge in [-0.15, -0.1) is 0 Å². The van der Waals surface area contributed by atoms with E-state index >= 15 is 0 Å². The highest BCUT2D eigenvalue weighted by molar-refractivity contribution is 5.78.